The first-order chi connectivity index (χ1) is 10.5. The summed E-state index contributed by atoms with van der Waals surface area (Å²) in [7, 11) is 0. The van der Waals surface area contributed by atoms with Crippen LogP contribution in [0.4, 0.5) is 5.88 Å². The molecular formula is C14H14N4O3S. The van der Waals surface area contributed by atoms with Crippen molar-refractivity contribution in [3.63, 3.8) is 0 Å². The SMILES string of the molecule is Cc1cccc(CS/C(N)=N/N=C/c2ccc([N+](=O)[O-])o2)c1. The Morgan fingerprint density at radius 1 is 1.45 bits per heavy atom. The molecule has 0 fully saturated rings. The quantitative estimate of drug-likeness (QED) is 0.394. The molecule has 0 spiro atoms. The Labute approximate surface area is 131 Å². The van der Waals surface area contributed by atoms with E-state index in [2.05, 4.69) is 16.3 Å². The Bertz CT molecular complexity index is 724. The summed E-state index contributed by atoms with van der Waals surface area (Å²) in [5.74, 6) is 0.595. The smallest absolute Gasteiger partial charge is 0.400 e. The topological polar surface area (TPSA) is 107 Å². The normalized spacial score (nSPS) is 12.0. The second-order valence-corrected chi connectivity index (χ2v) is 5.39. The molecule has 1 aromatic heterocycles. The molecule has 0 radical (unpaired) electrons. The first kappa shape index (κ1) is 15.8. The van der Waals surface area contributed by atoms with Crippen LogP contribution in [-0.4, -0.2) is 16.3 Å². The second-order valence-electron chi connectivity index (χ2n) is 4.39. The summed E-state index contributed by atoms with van der Waals surface area (Å²) >= 11 is 1.36. The summed E-state index contributed by atoms with van der Waals surface area (Å²) in [5, 5.41) is 18.3. The van der Waals surface area contributed by atoms with E-state index < -0.39 is 4.92 Å². The van der Waals surface area contributed by atoms with E-state index in [9.17, 15) is 10.1 Å². The van der Waals surface area contributed by atoms with Gasteiger partial charge in [0.05, 0.1) is 12.3 Å². The van der Waals surface area contributed by atoms with Crippen molar-refractivity contribution in [1.29, 1.82) is 0 Å². The largest absolute Gasteiger partial charge is 0.433 e. The van der Waals surface area contributed by atoms with Crippen LogP contribution < -0.4 is 5.73 Å². The van der Waals surface area contributed by atoms with Crippen LogP contribution in [0.25, 0.3) is 0 Å². The molecule has 0 saturated heterocycles. The Balaban J connectivity index is 1.88. The molecule has 0 saturated carbocycles. The number of benzene rings is 1. The zero-order valence-corrected chi connectivity index (χ0v) is 12.6. The van der Waals surface area contributed by atoms with Crippen LogP contribution in [-0.2, 0) is 5.75 Å². The zero-order valence-electron chi connectivity index (χ0n) is 11.8. The molecule has 7 nitrogen and oxygen atoms in total. The van der Waals surface area contributed by atoms with E-state index in [1.54, 1.807) is 0 Å². The standard InChI is InChI=1S/C14H14N4O3S/c1-10-3-2-4-11(7-10)9-22-14(15)17-16-8-12-5-6-13(21-12)18(19)20/h2-8H,9H2,1H3,(H2,15,17)/b16-8+. The van der Waals surface area contributed by atoms with Crippen molar-refractivity contribution < 1.29 is 9.34 Å². The van der Waals surface area contributed by atoms with E-state index in [0.29, 0.717) is 10.9 Å². The highest BCUT2D eigenvalue weighted by atomic mass is 32.2. The van der Waals surface area contributed by atoms with Gasteiger partial charge >= 0.3 is 5.88 Å². The highest BCUT2D eigenvalue weighted by molar-refractivity contribution is 8.13. The lowest BCUT2D eigenvalue weighted by atomic mass is 10.2. The fourth-order valence-corrected chi connectivity index (χ4v) is 2.24. The van der Waals surface area contributed by atoms with Crippen molar-refractivity contribution in [3.05, 3.63) is 63.4 Å². The fourth-order valence-electron chi connectivity index (χ4n) is 1.64. The molecule has 0 aliphatic carbocycles. The number of nitro groups is 1. The van der Waals surface area contributed by atoms with Gasteiger partial charge in [0, 0.05) is 5.75 Å². The number of thioether (sulfide) groups is 1. The van der Waals surface area contributed by atoms with Gasteiger partial charge in [0.2, 0.25) is 0 Å². The third-order valence-corrected chi connectivity index (χ3v) is 3.46. The number of nitrogens with two attached hydrogens (primary N) is 1. The van der Waals surface area contributed by atoms with Gasteiger partial charge in [0.15, 0.2) is 10.9 Å². The predicted molar refractivity (Wildman–Crippen MR) is 87.1 cm³/mol. The molecule has 22 heavy (non-hydrogen) atoms. The Hall–Kier alpha value is -2.61. The highest BCUT2D eigenvalue weighted by Gasteiger charge is 2.10. The maximum absolute atomic E-state index is 10.5. The molecule has 0 bridgehead atoms. The van der Waals surface area contributed by atoms with Gasteiger partial charge in [-0.3, -0.25) is 10.1 Å². The molecule has 1 heterocycles. The number of nitrogens with zero attached hydrogens (tertiary/aromatic N) is 3. The lowest BCUT2D eigenvalue weighted by Gasteiger charge is -2.01. The summed E-state index contributed by atoms with van der Waals surface area (Å²) in [6, 6.07) is 10.8. The maximum atomic E-state index is 10.5. The molecule has 0 aliphatic heterocycles. The minimum atomic E-state index is -0.618. The van der Waals surface area contributed by atoms with Gasteiger partial charge in [0.25, 0.3) is 0 Å². The van der Waals surface area contributed by atoms with Gasteiger partial charge in [-0.25, -0.2) is 0 Å². The molecule has 2 N–H and O–H groups in total. The van der Waals surface area contributed by atoms with Gasteiger partial charge < -0.3 is 10.2 Å². The number of hydrogen-bond donors (Lipinski definition) is 1. The van der Waals surface area contributed by atoms with Crippen molar-refractivity contribution in [1.82, 2.24) is 0 Å². The van der Waals surface area contributed by atoms with Gasteiger partial charge in [-0.15, -0.1) is 5.10 Å². The molecule has 2 aromatic rings. The summed E-state index contributed by atoms with van der Waals surface area (Å²) in [6.07, 6.45) is 1.27. The minimum absolute atomic E-state index is 0.243. The molecule has 0 aliphatic rings. The van der Waals surface area contributed by atoms with Crippen molar-refractivity contribution in [3.8, 4) is 0 Å². The number of rotatable bonds is 5. The lowest BCUT2D eigenvalue weighted by Crippen LogP contribution is -2.06. The van der Waals surface area contributed by atoms with Crippen LogP contribution in [0.5, 0.6) is 0 Å². The number of hydrogen-bond acceptors (Lipinski definition) is 6. The fraction of sp³-hybridized carbons (Fsp3) is 0.143. The van der Waals surface area contributed by atoms with Crippen LogP contribution in [0.15, 0.2) is 51.0 Å². The first-order valence-electron chi connectivity index (χ1n) is 6.33. The second kappa shape index (κ2) is 7.41. The number of furan rings is 1. The third-order valence-electron chi connectivity index (χ3n) is 2.60. The van der Waals surface area contributed by atoms with Crippen molar-refractivity contribution >= 4 is 29.0 Å². The lowest BCUT2D eigenvalue weighted by molar-refractivity contribution is -0.402. The highest BCUT2D eigenvalue weighted by Crippen LogP contribution is 2.15. The monoisotopic (exact) mass is 318 g/mol. The Kier molecular flexibility index (Phi) is 5.31. The molecular weight excluding hydrogens is 304 g/mol. The van der Waals surface area contributed by atoms with Crippen molar-refractivity contribution in [2.24, 2.45) is 15.9 Å². The van der Waals surface area contributed by atoms with Crippen LogP contribution >= 0.6 is 11.8 Å². The van der Waals surface area contributed by atoms with Crippen LogP contribution in [0, 0.1) is 17.0 Å². The zero-order chi connectivity index (χ0) is 15.9. The molecule has 8 heteroatoms. The van der Waals surface area contributed by atoms with Gasteiger partial charge in [-0.1, -0.05) is 41.6 Å². The summed E-state index contributed by atoms with van der Waals surface area (Å²) in [4.78, 5) is 9.84. The minimum Gasteiger partial charge on any atom is -0.400 e. The van der Waals surface area contributed by atoms with E-state index in [1.807, 2.05) is 25.1 Å². The molecule has 114 valence electrons. The maximum Gasteiger partial charge on any atom is 0.433 e. The van der Waals surface area contributed by atoms with Crippen LogP contribution in [0.2, 0.25) is 0 Å². The van der Waals surface area contributed by atoms with E-state index in [1.165, 1.54) is 35.7 Å². The number of aryl methyl sites for hydroxylation is 1. The Morgan fingerprint density at radius 3 is 2.95 bits per heavy atom. The van der Waals surface area contributed by atoms with Gasteiger partial charge in [-0.2, -0.15) is 5.10 Å². The molecule has 1 aromatic carbocycles. The van der Waals surface area contributed by atoms with E-state index >= 15 is 0 Å². The van der Waals surface area contributed by atoms with Crippen molar-refractivity contribution in [2.75, 3.05) is 0 Å². The van der Waals surface area contributed by atoms with E-state index in [-0.39, 0.29) is 11.6 Å². The van der Waals surface area contributed by atoms with E-state index in [4.69, 9.17) is 10.2 Å². The van der Waals surface area contributed by atoms with Crippen LogP contribution in [0.1, 0.15) is 16.9 Å². The van der Waals surface area contributed by atoms with Crippen molar-refractivity contribution in [2.45, 2.75) is 12.7 Å². The summed E-state index contributed by atoms with van der Waals surface area (Å²) < 4.78 is 4.90. The third kappa shape index (κ3) is 4.74. The van der Waals surface area contributed by atoms with Crippen LogP contribution in [0.3, 0.4) is 0 Å². The summed E-state index contributed by atoms with van der Waals surface area (Å²) in [6.45, 7) is 2.03. The molecule has 0 atom stereocenters. The predicted octanol–water partition coefficient (Wildman–Crippen LogP) is 3.08. The molecule has 0 unspecified atom stereocenters. The average Bonchev–Trinajstić information content (AvgIpc) is 2.94. The number of amidine groups is 1. The molecule has 0 amide bonds. The van der Waals surface area contributed by atoms with E-state index in [0.717, 1.165) is 5.56 Å². The molecule has 2 rings (SSSR count). The van der Waals surface area contributed by atoms with Gasteiger partial charge in [-0.05, 0) is 18.6 Å². The average molecular weight is 318 g/mol. The Morgan fingerprint density at radius 2 is 2.27 bits per heavy atom. The summed E-state index contributed by atoms with van der Waals surface area (Å²) in [5.41, 5.74) is 8.07. The van der Waals surface area contributed by atoms with Gasteiger partial charge in [0.1, 0.15) is 4.92 Å². The first-order valence-corrected chi connectivity index (χ1v) is 7.32.